The van der Waals surface area contributed by atoms with Gasteiger partial charge in [-0.1, -0.05) is 46.3 Å². The fraction of sp³-hybridized carbons (Fsp3) is 0.761. The number of allylic oxidation sites excluding steroid dienone is 4. The molecule has 4 saturated carbocycles. The van der Waals surface area contributed by atoms with E-state index in [0.29, 0.717) is 61.1 Å². The zero-order valence-corrected chi connectivity index (χ0v) is 35.7. The van der Waals surface area contributed by atoms with Gasteiger partial charge in [-0.05, 0) is 147 Å². The van der Waals surface area contributed by atoms with E-state index in [4.69, 9.17) is 4.74 Å². The van der Waals surface area contributed by atoms with Gasteiger partial charge in [0.05, 0.1) is 29.1 Å². The number of hydrogen-bond acceptors (Lipinski definition) is 8. The van der Waals surface area contributed by atoms with Crippen molar-refractivity contribution < 1.29 is 33.0 Å². The number of rotatable bonds is 11. The Kier molecular flexibility index (Phi) is 10.8. The summed E-state index contributed by atoms with van der Waals surface area (Å²) in [5.74, 6) is 2.54. The van der Waals surface area contributed by atoms with E-state index in [9.17, 15) is 28.2 Å². The van der Waals surface area contributed by atoms with E-state index in [1.165, 1.54) is 87.3 Å². The summed E-state index contributed by atoms with van der Waals surface area (Å²) in [5, 5.41) is 23.9. The number of aromatic nitrogens is 1. The number of ether oxygens (including phenoxy) is 1. The molecule has 8 rings (SSSR count). The second-order valence-corrected chi connectivity index (χ2v) is 22.8. The molecular formula is C46H67N3O7S. The Bertz CT molecular complexity index is 1900. The molecular weight excluding hydrogens is 739 g/mol. The van der Waals surface area contributed by atoms with Crippen molar-refractivity contribution >= 4 is 21.8 Å². The minimum atomic E-state index is -2.85. The number of nitrogens with zero attached hydrogens (tertiary/aromatic N) is 2. The predicted molar refractivity (Wildman–Crippen MR) is 221 cm³/mol. The molecule has 8 unspecified atom stereocenters. The van der Waals surface area contributed by atoms with Crippen LogP contribution in [0.2, 0.25) is 0 Å². The van der Waals surface area contributed by atoms with Crippen LogP contribution in [0, 0.1) is 51.2 Å². The summed E-state index contributed by atoms with van der Waals surface area (Å²) in [6, 6.07) is 2.79. The Morgan fingerprint density at radius 1 is 0.912 bits per heavy atom. The van der Waals surface area contributed by atoms with Crippen molar-refractivity contribution in [2.75, 3.05) is 44.3 Å². The van der Waals surface area contributed by atoms with Gasteiger partial charge in [-0.25, -0.2) is 18.2 Å². The van der Waals surface area contributed by atoms with Crippen molar-refractivity contribution in [1.29, 1.82) is 0 Å². The van der Waals surface area contributed by atoms with Crippen LogP contribution in [-0.4, -0.2) is 90.3 Å². The van der Waals surface area contributed by atoms with Crippen molar-refractivity contribution in [3.05, 3.63) is 47.2 Å². The van der Waals surface area contributed by atoms with Gasteiger partial charge in [0, 0.05) is 44.0 Å². The highest BCUT2D eigenvalue weighted by atomic mass is 32.2. The molecule has 314 valence electrons. The van der Waals surface area contributed by atoms with Gasteiger partial charge >= 0.3 is 11.9 Å². The number of carbonyl (C=O) groups is 2. The van der Waals surface area contributed by atoms with Crippen LogP contribution < -0.4 is 10.1 Å². The van der Waals surface area contributed by atoms with Crippen LogP contribution in [0.25, 0.3) is 0 Å². The summed E-state index contributed by atoms with van der Waals surface area (Å²) in [7, 11) is -2.85. The predicted octanol–water partition coefficient (Wildman–Crippen LogP) is 7.80. The Morgan fingerprint density at radius 3 is 2.42 bits per heavy atom. The Morgan fingerprint density at radius 2 is 1.70 bits per heavy atom. The lowest BCUT2D eigenvalue weighted by Crippen LogP contribution is -2.64. The zero-order valence-electron chi connectivity index (χ0n) is 34.9. The number of hydrogen-bond donors (Lipinski definition) is 3. The van der Waals surface area contributed by atoms with Gasteiger partial charge in [-0.15, -0.1) is 0 Å². The van der Waals surface area contributed by atoms with E-state index < -0.39 is 27.2 Å². The molecule has 2 heterocycles. The molecule has 6 aliphatic carbocycles. The maximum atomic E-state index is 12.8. The first kappa shape index (κ1) is 41.0. The summed E-state index contributed by atoms with van der Waals surface area (Å²) in [4.78, 5) is 30.6. The van der Waals surface area contributed by atoms with Crippen LogP contribution >= 0.6 is 0 Å². The standard InChI is InChI=1S/C46H67N3O7S/c1-42(2)34(31-9-18-45(19-10-31,41(52)53)21-27-56-39-30-32(40(50)51)14-22-47-39)11-16-44(4)37(42)13-17-43(3)35-12-20-46(15-5-6-36(46)33(35)7-8-38(43)44)48-23-24-49-25-28-57(54,55)29-26-49/h9,11,14,22,30,33,35-38,48H,5-8,10,12-13,15-21,23-29H2,1-4H3,(H,50,51)(H,52,53)/t33?,35?,36-,37?,38?,43?,44?,45?,46?/m1/s1. The average molecular weight is 806 g/mol. The molecule has 7 aliphatic rings. The van der Waals surface area contributed by atoms with Gasteiger partial charge in [0.1, 0.15) is 0 Å². The highest BCUT2D eigenvalue weighted by Gasteiger charge is 2.65. The van der Waals surface area contributed by atoms with E-state index in [2.05, 4.69) is 55.0 Å². The smallest absolute Gasteiger partial charge is 0.335 e. The fourth-order valence-corrected chi connectivity index (χ4v) is 16.0. The molecule has 1 aliphatic heterocycles. The number of nitrogens with one attached hydrogen (secondary N) is 1. The van der Waals surface area contributed by atoms with Gasteiger partial charge in [0.15, 0.2) is 9.84 Å². The van der Waals surface area contributed by atoms with E-state index >= 15 is 0 Å². The summed E-state index contributed by atoms with van der Waals surface area (Å²) in [6.45, 7) is 13.7. The van der Waals surface area contributed by atoms with Crippen molar-refractivity contribution in [2.24, 2.45) is 51.2 Å². The van der Waals surface area contributed by atoms with Crippen molar-refractivity contribution in [3.63, 3.8) is 0 Å². The first-order valence-corrected chi connectivity index (χ1v) is 24.0. The third-order valence-electron chi connectivity index (χ3n) is 17.7. The number of pyridine rings is 1. The Labute approximate surface area is 340 Å². The van der Waals surface area contributed by atoms with Crippen molar-refractivity contribution in [3.8, 4) is 5.88 Å². The summed E-state index contributed by atoms with van der Waals surface area (Å²) < 4.78 is 29.7. The lowest BCUT2D eigenvalue weighted by molar-refractivity contribution is -0.175. The van der Waals surface area contributed by atoms with Crippen LogP contribution in [0.3, 0.4) is 0 Å². The molecule has 57 heavy (non-hydrogen) atoms. The first-order chi connectivity index (χ1) is 27.0. The highest BCUT2D eigenvalue weighted by molar-refractivity contribution is 7.91. The fourth-order valence-electron chi connectivity index (χ4n) is 14.8. The van der Waals surface area contributed by atoms with Crippen LogP contribution in [-0.2, 0) is 14.6 Å². The molecule has 0 amide bonds. The molecule has 5 fully saturated rings. The van der Waals surface area contributed by atoms with Crippen LogP contribution in [0.15, 0.2) is 41.6 Å². The minimum Gasteiger partial charge on any atom is -0.481 e. The van der Waals surface area contributed by atoms with Gasteiger partial charge < -0.3 is 25.2 Å². The van der Waals surface area contributed by atoms with Crippen LogP contribution in [0.4, 0.5) is 0 Å². The lowest BCUT2D eigenvalue weighted by atomic mass is 9.37. The molecule has 9 atom stereocenters. The lowest BCUT2D eigenvalue weighted by Gasteiger charge is -2.68. The summed E-state index contributed by atoms with van der Waals surface area (Å²) >= 11 is 0. The first-order valence-electron chi connectivity index (χ1n) is 22.2. The number of aromatic carboxylic acids is 1. The molecule has 10 nitrogen and oxygen atoms in total. The molecule has 1 aromatic heterocycles. The molecule has 0 aromatic carbocycles. The molecule has 0 bridgehead atoms. The monoisotopic (exact) mass is 805 g/mol. The number of fused-ring (bicyclic) bond motifs is 7. The number of carboxylic acid groups (broad SMARTS) is 2. The molecule has 11 heteroatoms. The Hall–Kier alpha value is -2.76. The van der Waals surface area contributed by atoms with Gasteiger partial charge in [-0.3, -0.25) is 4.79 Å². The zero-order chi connectivity index (χ0) is 40.4. The van der Waals surface area contributed by atoms with E-state index in [1.54, 1.807) is 0 Å². The second-order valence-electron chi connectivity index (χ2n) is 20.5. The van der Waals surface area contributed by atoms with Crippen LogP contribution in [0.1, 0.15) is 128 Å². The van der Waals surface area contributed by atoms with Gasteiger partial charge in [0.2, 0.25) is 5.88 Å². The van der Waals surface area contributed by atoms with E-state index in [1.807, 2.05) is 0 Å². The molecule has 0 radical (unpaired) electrons. The molecule has 3 N–H and O–H groups in total. The third kappa shape index (κ3) is 7.21. The third-order valence-corrected chi connectivity index (χ3v) is 19.3. The molecule has 1 aromatic rings. The maximum absolute atomic E-state index is 12.8. The van der Waals surface area contributed by atoms with E-state index in [-0.39, 0.29) is 34.4 Å². The number of aliphatic carboxylic acids is 1. The summed E-state index contributed by atoms with van der Waals surface area (Å²) in [6.07, 6.45) is 21.1. The normalized spacial score (nSPS) is 39.7. The summed E-state index contributed by atoms with van der Waals surface area (Å²) in [5.41, 5.74) is 2.78. The van der Waals surface area contributed by atoms with Crippen LogP contribution in [0.5, 0.6) is 5.88 Å². The van der Waals surface area contributed by atoms with Crippen molar-refractivity contribution in [1.82, 2.24) is 15.2 Å². The average Bonchev–Trinajstić information content (AvgIpc) is 3.60. The van der Waals surface area contributed by atoms with Crippen molar-refractivity contribution in [2.45, 2.75) is 123 Å². The van der Waals surface area contributed by atoms with Gasteiger partial charge in [-0.2, -0.15) is 0 Å². The minimum absolute atomic E-state index is 0.000191. The quantitative estimate of drug-likeness (QED) is 0.203. The largest absolute Gasteiger partial charge is 0.481 e. The SMILES string of the molecule is CC1(C)C(C2=CCC(CCOc3cc(C(=O)O)ccn3)(C(=O)O)CC2)=CCC2(C)C1CCC1(C)C3CCC4(NCCN5CCS(=O)(=O)CC5)CCC[C@@H]4C3CCC12. The molecule has 1 saturated heterocycles. The maximum Gasteiger partial charge on any atom is 0.335 e. The topological polar surface area (TPSA) is 146 Å². The number of sulfone groups is 1. The number of carboxylic acids is 2. The van der Waals surface area contributed by atoms with E-state index in [0.717, 1.165) is 43.7 Å². The Balaban J connectivity index is 0.932. The molecule has 0 spiro atoms. The second kappa shape index (κ2) is 15.1. The highest BCUT2D eigenvalue weighted by Crippen LogP contribution is 2.72. The van der Waals surface area contributed by atoms with Gasteiger partial charge in [0.25, 0.3) is 0 Å².